The molecule has 0 fully saturated rings. The van der Waals surface area contributed by atoms with E-state index in [1.165, 1.54) is 18.4 Å². The molecule has 3 aromatic rings. The standard InChI is InChI=1S/C28H39N5O2/c1-5-9-12-19-33(21-28(6-2,7-3)27(34)35-8-4)20-22-15-17-23(18-16-22)24-13-10-11-14-25(24)26-29-31-32-30-26/h10-11,13-18H,5-9,12,19-21H2,1-4H3,(H,29,30,31,32). The zero-order valence-corrected chi connectivity index (χ0v) is 21.6. The molecule has 0 atom stereocenters. The van der Waals surface area contributed by atoms with E-state index in [2.05, 4.69) is 76.6 Å². The number of aromatic nitrogens is 4. The largest absolute Gasteiger partial charge is 0.466 e. The number of carbonyl (C=O) groups is 1. The Kier molecular flexibility index (Phi) is 9.97. The first kappa shape index (κ1) is 26.5. The van der Waals surface area contributed by atoms with Gasteiger partial charge in [-0.25, -0.2) is 5.10 Å². The van der Waals surface area contributed by atoms with Crippen LogP contribution in [0.4, 0.5) is 0 Å². The van der Waals surface area contributed by atoms with E-state index in [4.69, 9.17) is 4.74 Å². The van der Waals surface area contributed by atoms with Crippen LogP contribution < -0.4 is 0 Å². The Labute approximate surface area is 209 Å². The summed E-state index contributed by atoms with van der Waals surface area (Å²) >= 11 is 0. The van der Waals surface area contributed by atoms with Gasteiger partial charge in [-0.1, -0.05) is 82.1 Å². The highest BCUT2D eigenvalue weighted by molar-refractivity contribution is 5.80. The molecule has 188 valence electrons. The van der Waals surface area contributed by atoms with E-state index in [1.807, 2.05) is 25.1 Å². The van der Waals surface area contributed by atoms with Gasteiger partial charge < -0.3 is 4.74 Å². The Bertz CT molecular complexity index is 1030. The number of hydrogen-bond donors (Lipinski definition) is 1. The van der Waals surface area contributed by atoms with Crippen LogP contribution in [0.2, 0.25) is 0 Å². The minimum absolute atomic E-state index is 0.0700. The lowest BCUT2D eigenvalue weighted by Crippen LogP contribution is -2.43. The van der Waals surface area contributed by atoms with Crippen molar-refractivity contribution in [3.05, 3.63) is 54.1 Å². The summed E-state index contributed by atoms with van der Waals surface area (Å²) in [4.78, 5) is 15.3. The van der Waals surface area contributed by atoms with Crippen molar-refractivity contribution in [1.29, 1.82) is 0 Å². The van der Waals surface area contributed by atoms with Gasteiger partial charge in [0.25, 0.3) is 0 Å². The van der Waals surface area contributed by atoms with E-state index < -0.39 is 5.41 Å². The van der Waals surface area contributed by atoms with Gasteiger partial charge in [0.05, 0.1) is 12.0 Å². The summed E-state index contributed by atoms with van der Waals surface area (Å²) in [5, 5.41) is 14.4. The second-order valence-electron chi connectivity index (χ2n) is 9.12. The zero-order valence-electron chi connectivity index (χ0n) is 21.6. The number of rotatable bonds is 14. The van der Waals surface area contributed by atoms with Crippen LogP contribution in [0.25, 0.3) is 22.5 Å². The lowest BCUT2D eigenvalue weighted by atomic mass is 9.81. The van der Waals surface area contributed by atoms with Crippen LogP contribution in [-0.2, 0) is 16.1 Å². The van der Waals surface area contributed by atoms with Gasteiger partial charge in [-0.3, -0.25) is 9.69 Å². The average Bonchev–Trinajstić information content (AvgIpc) is 3.43. The Morgan fingerprint density at radius 2 is 1.69 bits per heavy atom. The molecule has 2 aromatic carbocycles. The second-order valence-corrected chi connectivity index (χ2v) is 9.12. The SMILES string of the molecule is CCCCCN(Cc1ccc(-c2ccccc2-c2nnn[nH]2)cc1)CC(CC)(CC)C(=O)OCC. The first-order valence-corrected chi connectivity index (χ1v) is 12.9. The van der Waals surface area contributed by atoms with Crippen LogP contribution >= 0.6 is 0 Å². The minimum Gasteiger partial charge on any atom is -0.466 e. The van der Waals surface area contributed by atoms with Crippen molar-refractivity contribution in [1.82, 2.24) is 25.5 Å². The number of hydrogen-bond acceptors (Lipinski definition) is 6. The number of nitrogens with zero attached hydrogens (tertiary/aromatic N) is 4. The molecule has 0 radical (unpaired) electrons. The summed E-state index contributed by atoms with van der Waals surface area (Å²) in [6, 6.07) is 16.8. The number of esters is 1. The molecule has 0 aliphatic heterocycles. The van der Waals surface area contributed by atoms with Crippen molar-refractivity contribution in [3.63, 3.8) is 0 Å². The van der Waals surface area contributed by atoms with E-state index in [-0.39, 0.29) is 5.97 Å². The maximum Gasteiger partial charge on any atom is 0.313 e. The fourth-order valence-electron chi connectivity index (χ4n) is 4.60. The highest BCUT2D eigenvalue weighted by Gasteiger charge is 2.38. The van der Waals surface area contributed by atoms with Gasteiger partial charge in [-0.2, -0.15) is 0 Å². The summed E-state index contributed by atoms with van der Waals surface area (Å²) in [7, 11) is 0. The third-order valence-corrected chi connectivity index (χ3v) is 6.86. The monoisotopic (exact) mass is 477 g/mol. The van der Waals surface area contributed by atoms with E-state index >= 15 is 0 Å². The lowest BCUT2D eigenvalue weighted by molar-refractivity contribution is -0.157. The average molecular weight is 478 g/mol. The van der Waals surface area contributed by atoms with E-state index in [0.717, 1.165) is 49.0 Å². The molecule has 7 heteroatoms. The van der Waals surface area contributed by atoms with Crippen LogP contribution in [0.15, 0.2) is 48.5 Å². The van der Waals surface area contributed by atoms with E-state index in [9.17, 15) is 4.79 Å². The molecule has 3 rings (SSSR count). The summed E-state index contributed by atoms with van der Waals surface area (Å²) < 4.78 is 5.49. The third-order valence-electron chi connectivity index (χ3n) is 6.86. The maximum atomic E-state index is 12.9. The van der Waals surface area contributed by atoms with Crippen LogP contribution in [0.5, 0.6) is 0 Å². The summed E-state index contributed by atoms with van der Waals surface area (Å²) in [6.07, 6.45) is 5.04. The van der Waals surface area contributed by atoms with Crippen molar-refractivity contribution in [2.75, 3.05) is 19.7 Å². The molecule has 1 N–H and O–H groups in total. The van der Waals surface area contributed by atoms with Crippen LogP contribution in [0.3, 0.4) is 0 Å². The molecule has 0 saturated heterocycles. The summed E-state index contributed by atoms with van der Waals surface area (Å²) in [5.74, 6) is 0.584. The van der Waals surface area contributed by atoms with Crippen molar-refractivity contribution in [2.45, 2.75) is 66.3 Å². The second kappa shape index (κ2) is 13.1. The molecular formula is C28H39N5O2. The fraction of sp³-hybridized carbons (Fsp3) is 0.500. The minimum atomic E-state index is -0.466. The number of carbonyl (C=O) groups excluding carboxylic acids is 1. The highest BCUT2D eigenvalue weighted by atomic mass is 16.5. The maximum absolute atomic E-state index is 12.9. The molecule has 0 aliphatic rings. The third kappa shape index (κ3) is 6.75. The molecule has 0 spiro atoms. The molecule has 35 heavy (non-hydrogen) atoms. The first-order chi connectivity index (χ1) is 17.1. The van der Waals surface area contributed by atoms with Crippen LogP contribution in [0.1, 0.15) is 65.4 Å². The van der Waals surface area contributed by atoms with Crippen LogP contribution in [0, 0.1) is 5.41 Å². The van der Waals surface area contributed by atoms with E-state index in [0.29, 0.717) is 19.0 Å². The number of unbranched alkanes of at least 4 members (excludes halogenated alkanes) is 2. The van der Waals surface area contributed by atoms with Crippen molar-refractivity contribution >= 4 is 5.97 Å². The quantitative estimate of drug-likeness (QED) is 0.230. The fourth-order valence-corrected chi connectivity index (χ4v) is 4.60. The van der Waals surface area contributed by atoms with Gasteiger partial charge in [0, 0.05) is 18.7 Å². The molecule has 0 bridgehead atoms. The van der Waals surface area contributed by atoms with Gasteiger partial charge in [-0.15, -0.1) is 5.10 Å². The number of tetrazole rings is 1. The molecule has 7 nitrogen and oxygen atoms in total. The van der Waals surface area contributed by atoms with Crippen molar-refractivity contribution in [3.8, 4) is 22.5 Å². The number of ether oxygens (including phenoxy) is 1. The lowest BCUT2D eigenvalue weighted by Gasteiger charge is -2.35. The van der Waals surface area contributed by atoms with Gasteiger partial charge in [0.2, 0.25) is 0 Å². The van der Waals surface area contributed by atoms with E-state index in [1.54, 1.807) is 0 Å². The van der Waals surface area contributed by atoms with Gasteiger partial charge in [0.15, 0.2) is 5.82 Å². The zero-order chi connectivity index (χ0) is 25.1. The first-order valence-electron chi connectivity index (χ1n) is 12.9. The number of benzene rings is 2. The molecule has 0 saturated carbocycles. The number of H-pyrrole nitrogens is 1. The highest BCUT2D eigenvalue weighted by Crippen LogP contribution is 2.32. The molecule has 0 unspecified atom stereocenters. The predicted octanol–water partition coefficient (Wildman–Crippen LogP) is 5.90. The van der Waals surface area contributed by atoms with Crippen molar-refractivity contribution in [2.24, 2.45) is 5.41 Å². The van der Waals surface area contributed by atoms with Crippen molar-refractivity contribution < 1.29 is 9.53 Å². The Morgan fingerprint density at radius 3 is 2.29 bits per heavy atom. The molecule has 1 heterocycles. The van der Waals surface area contributed by atoms with Gasteiger partial charge in [0.1, 0.15) is 0 Å². The molecular weight excluding hydrogens is 438 g/mol. The molecule has 0 amide bonds. The predicted molar refractivity (Wildman–Crippen MR) is 139 cm³/mol. The van der Waals surface area contributed by atoms with Gasteiger partial charge >= 0.3 is 5.97 Å². The Balaban J connectivity index is 1.81. The number of aromatic amines is 1. The normalized spacial score (nSPS) is 11.7. The van der Waals surface area contributed by atoms with Crippen LogP contribution in [-0.4, -0.2) is 51.2 Å². The Hall–Kier alpha value is -3.06. The summed E-state index contributed by atoms with van der Waals surface area (Å²) in [6.45, 7) is 11.2. The molecule has 0 aliphatic carbocycles. The van der Waals surface area contributed by atoms with Gasteiger partial charge in [-0.05, 0) is 59.8 Å². The number of nitrogens with one attached hydrogen (secondary N) is 1. The summed E-state index contributed by atoms with van der Waals surface area (Å²) in [5.41, 5.74) is 3.93. The Morgan fingerprint density at radius 1 is 0.971 bits per heavy atom. The smallest absolute Gasteiger partial charge is 0.313 e. The molecule has 1 aromatic heterocycles. The topological polar surface area (TPSA) is 84.0 Å².